The van der Waals surface area contributed by atoms with Crippen molar-refractivity contribution in [2.45, 2.75) is 25.4 Å². The normalized spacial score (nSPS) is 18.1. The van der Waals surface area contributed by atoms with Crippen LogP contribution in [0.1, 0.15) is 30.9 Å². The molecule has 0 aromatic heterocycles. The third kappa shape index (κ3) is 2.83. The summed E-state index contributed by atoms with van der Waals surface area (Å²) < 4.78 is 6.01. The van der Waals surface area contributed by atoms with E-state index in [1.54, 1.807) is 0 Å². The summed E-state index contributed by atoms with van der Waals surface area (Å²) in [7, 11) is 1.96. The van der Waals surface area contributed by atoms with Gasteiger partial charge >= 0.3 is 0 Å². The molecule has 1 aliphatic rings. The summed E-state index contributed by atoms with van der Waals surface area (Å²) in [5.41, 5.74) is 1.34. The number of rotatable bonds is 6. The number of likely N-dealkylation sites (N-methyl/N-ethyl adjacent to an activating group) is 1. The van der Waals surface area contributed by atoms with Crippen LogP contribution in [-0.2, 0) is 4.74 Å². The average molecular weight is 219 g/mol. The Bertz CT molecular complexity index is 295. The molecule has 0 spiro atoms. The van der Waals surface area contributed by atoms with Crippen molar-refractivity contribution in [3.63, 3.8) is 0 Å². The Morgan fingerprint density at radius 3 is 2.62 bits per heavy atom. The molecular weight excluding hydrogens is 198 g/mol. The summed E-state index contributed by atoms with van der Waals surface area (Å²) in [5, 5.41) is 3.12. The molecule has 2 nitrogen and oxygen atoms in total. The second kappa shape index (κ2) is 6.02. The number of benzene rings is 1. The Hall–Kier alpha value is -0.860. The Morgan fingerprint density at radius 1 is 1.31 bits per heavy atom. The molecular formula is C14H21NO. The maximum Gasteiger partial charge on any atom is 0.0853 e. The Morgan fingerprint density at radius 2 is 2.06 bits per heavy atom. The van der Waals surface area contributed by atoms with Gasteiger partial charge in [0.2, 0.25) is 0 Å². The zero-order valence-electron chi connectivity index (χ0n) is 9.99. The van der Waals surface area contributed by atoms with Crippen molar-refractivity contribution < 1.29 is 4.74 Å². The minimum Gasteiger partial charge on any atom is -0.372 e. The van der Waals surface area contributed by atoms with Crippen LogP contribution in [0.25, 0.3) is 0 Å². The van der Waals surface area contributed by atoms with Gasteiger partial charge < -0.3 is 10.1 Å². The Labute approximate surface area is 98.0 Å². The lowest BCUT2D eigenvalue weighted by atomic mass is 9.78. The first-order valence-electron chi connectivity index (χ1n) is 6.23. The Balaban J connectivity index is 1.97. The van der Waals surface area contributed by atoms with Gasteiger partial charge in [-0.15, -0.1) is 0 Å². The molecule has 1 aromatic carbocycles. The zero-order chi connectivity index (χ0) is 11.2. The first kappa shape index (κ1) is 11.6. The van der Waals surface area contributed by atoms with E-state index in [1.807, 2.05) is 7.05 Å². The molecule has 2 heteroatoms. The van der Waals surface area contributed by atoms with Crippen LogP contribution < -0.4 is 5.32 Å². The van der Waals surface area contributed by atoms with Crippen LogP contribution >= 0.6 is 0 Å². The van der Waals surface area contributed by atoms with Gasteiger partial charge in [0.15, 0.2) is 0 Å². The SMILES string of the molecule is CNCCO[C@@H](c1ccccc1)C1CCC1. The van der Waals surface area contributed by atoms with E-state index in [-0.39, 0.29) is 0 Å². The van der Waals surface area contributed by atoms with E-state index in [9.17, 15) is 0 Å². The standard InChI is InChI=1S/C14H21NO/c1-15-10-11-16-14(13-8-5-9-13)12-6-3-2-4-7-12/h2-4,6-7,13-15H,5,8-11H2,1H3/t14-/m0/s1. The molecule has 0 unspecified atom stereocenters. The van der Waals surface area contributed by atoms with Gasteiger partial charge in [0, 0.05) is 6.54 Å². The molecule has 1 saturated carbocycles. The maximum atomic E-state index is 6.01. The third-order valence-corrected chi connectivity index (χ3v) is 3.36. The van der Waals surface area contributed by atoms with Crippen molar-refractivity contribution in [1.82, 2.24) is 5.32 Å². The fraction of sp³-hybridized carbons (Fsp3) is 0.571. The molecule has 2 rings (SSSR count). The van der Waals surface area contributed by atoms with Crippen LogP contribution in [0, 0.1) is 5.92 Å². The van der Waals surface area contributed by atoms with E-state index in [0.29, 0.717) is 6.10 Å². The average Bonchev–Trinajstić information content (AvgIpc) is 2.27. The molecule has 1 aliphatic carbocycles. The van der Waals surface area contributed by atoms with Gasteiger partial charge in [0.25, 0.3) is 0 Å². The number of ether oxygens (including phenoxy) is 1. The van der Waals surface area contributed by atoms with Crippen LogP contribution in [0.3, 0.4) is 0 Å². The van der Waals surface area contributed by atoms with Gasteiger partial charge in [-0.1, -0.05) is 36.8 Å². The summed E-state index contributed by atoms with van der Waals surface area (Å²) in [4.78, 5) is 0. The fourth-order valence-electron chi connectivity index (χ4n) is 2.18. The molecule has 1 atom stereocenters. The summed E-state index contributed by atoms with van der Waals surface area (Å²) in [6.45, 7) is 1.72. The first-order valence-corrected chi connectivity index (χ1v) is 6.23. The quantitative estimate of drug-likeness (QED) is 0.743. The lowest BCUT2D eigenvalue weighted by molar-refractivity contribution is -0.0136. The van der Waals surface area contributed by atoms with Crippen molar-refractivity contribution in [3.8, 4) is 0 Å². The molecule has 1 aromatic rings. The Kier molecular flexibility index (Phi) is 4.37. The second-order valence-electron chi connectivity index (χ2n) is 4.50. The molecule has 0 aliphatic heterocycles. The second-order valence-corrected chi connectivity index (χ2v) is 4.50. The summed E-state index contributed by atoms with van der Waals surface area (Å²) in [6, 6.07) is 10.6. The highest BCUT2D eigenvalue weighted by Crippen LogP contribution is 2.39. The largest absolute Gasteiger partial charge is 0.372 e. The van der Waals surface area contributed by atoms with Gasteiger partial charge in [-0.2, -0.15) is 0 Å². The van der Waals surface area contributed by atoms with E-state index >= 15 is 0 Å². The molecule has 1 N–H and O–H groups in total. The molecule has 16 heavy (non-hydrogen) atoms. The number of hydrogen-bond acceptors (Lipinski definition) is 2. The van der Waals surface area contributed by atoms with E-state index in [2.05, 4.69) is 35.6 Å². The van der Waals surface area contributed by atoms with E-state index < -0.39 is 0 Å². The van der Waals surface area contributed by atoms with Crippen LogP contribution in [-0.4, -0.2) is 20.2 Å². The van der Waals surface area contributed by atoms with Crippen LogP contribution in [0.2, 0.25) is 0 Å². The highest BCUT2D eigenvalue weighted by molar-refractivity contribution is 5.18. The van der Waals surface area contributed by atoms with Crippen LogP contribution in [0.15, 0.2) is 30.3 Å². The molecule has 0 amide bonds. The van der Waals surface area contributed by atoms with Crippen LogP contribution in [0.4, 0.5) is 0 Å². The van der Waals surface area contributed by atoms with Gasteiger partial charge in [0.1, 0.15) is 0 Å². The van der Waals surface area contributed by atoms with E-state index in [1.165, 1.54) is 24.8 Å². The lowest BCUT2D eigenvalue weighted by Crippen LogP contribution is -2.25. The molecule has 0 bridgehead atoms. The maximum absolute atomic E-state index is 6.01. The highest BCUT2D eigenvalue weighted by Gasteiger charge is 2.28. The van der Waals surface area contributed by atoms with Crippen molar-refractivity contribution >= 4 is 0 Å². The van der Waals surface area contributed by atoms with Crippen molar-refractivity contribution in [2.75, 3.05) is 20.2 Å². The predicted octanol–water partition coefficient (Wildman–Crippen LogP) is 2.76. The number of hydrogen-bond donors (Lipinski definition) is 1. The molecule has 0 radical (unpaired) electrons. The third-order valence-electron chi connectivity index (χ3n) is 3.36. The van der Waals surface area contributed by atoms with E-state index in [4.69, 9.17) is 4.74 Å². The lowest BCUT2D eigenvalue weighted by Gasteiger charge is -2.34. The zero-order valence-corrected chi connectivity index (χ0v) is 9.99. The van der Waals surface area contributed by atoms with Crippen LogP contribution in [0.5, 0.6) is 0 Å². The summed E-state index contributed by atoms with van der Waals surface area (Å²) in [5.74, 6) is 0.735. The van der Waals surface area contributed by atoms with Crippen molar-refractivity contribution in [3.05, 3.63) is 35.9 Å². The predicted molar refractivity (Wildman–Crippen MR) is 66.4 cm³/mol. The molecule has 0 saturated heterocycles. The minimum atomic E-state index is 0.309. The summed E-state index contributed by atoms with van der Waals surface area (Å²) >= 11 is 0. The van der Waals surface area contributed by atoms with Gasteiger partial charge in [-0.05, 0) is 31.4 Å². The smallest absolute Gasteiger partial charge is 0.0853 e. The molecule has 88 valence electrons. The highest BCUT2D eigenvalue weighted by atomic mass is 16.5. The van der Waals surface area contributed by atoms with Gasteiger partial charge in [-0.25, -0.2) is 0 Å². The first-order chi connectivity index (χ1) is 7.92. The topological polar surface area (TPSA) is 21.3 Å². The fourth-order valence-corrected chi connectivity index (χ4v) is 2.18. The minimum absolute atomic E-state index is 0.309. The number of nitrogens with one attached hydrogen (secondary N) is 1. The molecule has 1 fully saturated rings. The van der Waals surface area contributed by atoms with Gasteiger partial charge in [0.05, 0.1) is 12.7 Å². The molecule has 0 heterocycles. The van der Waals surface area contributed by atoms with Gasteiger partial charge in [-0.3, -0.25) is 0 Å². The van der Waals surface area contributed by atoms with E-state index in [0.717, 1.165) is 19.1 Å². The van der Waals surface area contributed by atoms with Crippen molar-refractivity contribution in [1.29, 1.82) is 0 Å². The monoisotopic (exact) mass is 219 g/mol. The summed E-state index contributed by atoms with van der Waals surface area (Å²) in [6.07, 6.45) is 4.31. The van der Waals surface area contributed by atoms with Crippen molar-refractivity contribution in [2.24, 2.45) is 5.92 Å².